The zero-order chi connectivity index (χ0) is 21.5. The number of Topliss-reactive ketones (excluding diaryl/α,β-unsaturated/α-hetero) is 1. The molecule has 0 spiro atoms. The Kier molecular flexibility index (Phi) is 5.33. The molecule has 1 aromatic carbocycles. The SMILES string of the molecule is COc1cccc([C@@H]2C(C#N)=C(N)N(N(C)C)C3=C2C(=O)CC(C)(C)C3)c1OC. The number of nitrogens with zero attached hydrogens (tertiary/aromatic N) is 3. The van der Waals surface area contributed by atoms with Crippen LogP contribution in [0.5, 0.6) is 11.5 Å². The molecule has 1 aliphatic heterocycles. The summed E-state index contributed by atoms with van der Waals surface area (Å²) < 4.78 is 11.1. The Morgan fingerprint density at radius 3 is 2.48 bits per heavy atom. The molecule has 0 unspecified atom stereocenters. The minimum Gasteiger partial charge on any atom is -0.493 e. The highest BCUT2D eigenvalue weighted by Gasteiger charge is 2.45. The minimum absolute atomic E-state index is 0.0261. The van der Waals surface area contributed by atoms with Gasteiger partial charge in [-0.25, -0.2) is 5.01 Å². The van der Waals surface area contributed by atoms with E-state index in [9.17, 15) is 10.1 Å². The maximum absolute atomic E-state index is 13.4. The summed E-state index contributed by atoms with van der Waals surface area (Å²) in [6.07, 6.45) is 1.09. The van der Waals surface area contributed by atoms with Crippen molar-refractivity contribution in [1.82, 2.24) is 10.0 Å². The first-order valence-electron chi connectivity index (χ1n) is 9.51. The molecule has 0 bridgehead atoms. The predicted molar refractivity (Wildman–Crippen MR) is 110 cm³/mol. The number of hydrogen-bond donors (Lipinski definition) is 1. The van der Waals surface area contributed by atoms with Crippen molar-refractivity contribution in [2.45, 2.75) is 32.6 Å². The Bertz CT molecular complexity index is 953. The highest BCUT2D eigenvalue weighted by Crippen LogP contribution is 2.51. The van der Waals surface area contributed by atoms with E-state index < -0.39 is 5.92 Å². The summed E-state index contributed by atoms with van der Waals surface area (Å²) in [5, 5.41) is 13.6. The molecule has 1 atom stereocenters. The molecular formula is C22H28N4O3. The van der Waals surface area contributed by atoms with Crippen molar-refractivity contribution in [2.24, 2.45) is 11.1 Å². The molecule has 7 heteroatoms. The van der Waals surface area contributed by atoms with E-state index >= 15 is 0 Å². The van der Waals surface area contributed by atoms with Crippen molar-refractivity contribution in [3.63, 3.8) is 0 Å². The molecule has 154 valence electrons. The van der Waals surface area contributed by atoms with Crippen LogP contribution >= 0.6 is 0 Å². The van der Waals surface area contributed by atoms with Crippen molar-refractivity contribution in [3.05, 3.63) is 46.4 Å². The minimum atomic E-state index is -0.597. The average Bonchev–Trinajstić information content (AvgIpc) is 2.64. The van der Waals surface area contributed by atoms with E-state index in [0.29, 0.717) is 46.9 Å². The van der Waals surface area contributed by atoms with Gasteiger partial charge < -0.3 is 15.2 Å². The number of para-hydroxylation sites is 1. The highest BCUT2D eigenvalue weighted by molar-refractivity contribution is 6.00. The molecule has 0 saturated heterocycles. The lowest BCUT2D eigenvalue weighted by Gasteiger charge is -2.45. The van der Waals surface area contributed by atoms with Crippen molar-refractivity contribution in [2.75, 3.05) is 28.3 Å². The fourth-order valence-electron chi connectivity index (χ4n) is 4.40. The Morgan fingerprint density at radius 2 is 1.93 bits per heavy atom. The van der Waals surface area contributed by atoms with Crippen molar-refractivity contribution in [1.29, 1.82) is 5.26 Å². The maximum atomic E-state index is 13.4. The van der Waals surface area contributed by atoms with E-state index in [1.54, 1.807) is 25.3 Å². The summed E-state index contributed by atoms with van der Waals surface area (Å²) in [6.45, 7) is 4.15. The van der Waals surface area contributed by atoms with Crippen LogP contribution in [0.1, 0.15) is 38.2 Å². The van der Waals surface area contributed by atoms with E-state index in [1.165, 1.54) is 0 Å². The van der Waals surface area contributed by atoms with Gasteiger partial charge in [0, 0.05) is 37.3 Å². The zero-order valence-electron chi connectivity index (χ0n) is 17.9. The Morgan fingerprint density at radius 1 is 1.24 bits per heavy atom. The molecule has 2 N–H and O–H groups in total. The van der Waals surface area contributed by atoms with Crippen molar-refractivity contribution < 1.29 is 14.3 Å². The van der Waals surface area contributed by atoms with Crippen molar-refractivity contribution >= 4 is 5.78 Å². The van der Waals surface area contributed by atoms with Gasteiger partial charge in [-0.1, -0.05) is 26.0 Å². The number of rotatable bonds is 4. The standard InChI is InChI=1S/C22H28N4O3/c1-22(2)10-15-19(16(27)11-22)18(14(12-23)21(24)26(15)25(3)4)13-8-7-9-17(28-5)20(13)29-6/h7-9,18H,10-11,24H2,1-6H3/t18-/m1/s1. The Balaban J connectivity index is 2.35. The van der Waals surface area contributed by atoms with Crippen LogP contribution in [0.3, 0.4) is 0 Å². The highest BCUT2D eigenvalue weighted by atomic mass is 16.5. The largest absolute Gasteiger partial charge is 0.493 e. The lowest BCUT2D eigenvalue weighted by molar-refractivity contribution is -0.119. The Labute approximate surface area is 171 Å². The number of ketones is 1. The van der Waals surface area contributed by atoms with Gasteiger partial charge >= 0.3 is 0 Å². The molecule has 7 nitrogen and oxygen atoms in total. The molecule has 1 heterocycles. The lowest BCUT2D eigenvalue weighted by atomic mass is 9.69. The summed E-state index contributed by atoms with van der Waals surface area (Å²) in [7, 11) is 6.82. The topological polar surface area (TPSA) is 91.8 Å². The Hall–Kier alpha value is -2.98. The normalized spacial score (nSPS) is 21.2. The molecule has 2 aliphatic rings. The fourth-order valence-corrected chi connectivity index (χ4v) is 4.40. The summed E-state index contributed by atoms with van der Waals surface area (Å²) in [6, 6.07) is 7.73. The number of allylic oxidation sites excluding steroid dienone is 3. The maximum Gasteiger partial charge on any atom is 0.164 e. The van der Waals surface area contributed by atoms with Gasteiger partial charge in [-0.2, -0.15) is 5.26 Å². The number of nitriles is 1. The monoisotopic (exact) mass is 396 g/mol. The third-order valence-corrected chi connectivity index (χ3v) is 5.50. The van der Waals surface area contributed by atoms with Crippen LogP contribution in [0.25, 0.3) is 0 Å². The second-order valence-electron chi connectivity index (χ2n) is 8.39. The van der Waals surface area contributed by atoms with Gasteiger partial charge in [-0.05, 0) is 17.9 Å². The number of methoxy groups -OCH3 is 2. The number of hydrazine groups is 1. The summed E-state index contributed by atoms with van der Waals surface area (Å²) in [5.41, 5.74) is 8.77. The van der Waals surface area contributed by atoms with Gasteiger partial charge in [0.15, 0.2) is 17.3 Å². The number of carbonyl (C=O) groups excluding carboxylic acids is 1. The molecule has 0 saturated carbocycles. The third kappa shape index (κ3) is 3.34. The smallest absolute Gasteiger partial charge is 0.164 e. The number of benzene rings is 1. The molecule has 0 radical (unpaired) electrons. The molecule has 0 amide bonds. The van der Waals surface area contributed by atoms with Gasteiger partial charge in [0.1, 0.15) is 5.82 Å². The number of carbonyl (C=O) groups is 1. The lowest BCUT2D eigenvalue weighted by Crippen LogP contribution is -2.47. The van der Waals surface area contributed by atoms with E-state index in [2.05, 4.69) is 19.9 Å². The quantitative estimate of drug-likeness (QED) is 0.836. The molecule has 0 aromatic heterocycles. The number of hydrogen-bond acceptors (Lipinski definition) is 7. The first-order chi connectivity index (χ1) is 13.7. The van der Waals surface area contributed by atoms with Crippen LogP contribution < -0.4 is 15.2 Å². The summed E-state index contributed by atoms with van der Waals surface area (Å²) in [4.78, 5) is 13.4. The number of ether oxygens (including phenoxy) is 2. The molecule has 29 heavy (non-hydrogen) atoms. The molecule has 3 rings (SSSR count). The van der Waals surface area contributed by atoms with Crippen LogP contribution in [0.4, 0.5) is 0 Å². The average molecular weight is 396 g/mol. The number of nitrogens with two attached hydrogens (primary N) is 1. The van der Waals surface area contributed by atoms with Crippen molar-refractivity contribution in [3.8, 4) is 17.6 Å². The van der Waals surface area contributed by atoms with Gasteiger partial charge in [-0.15, -0.1) is 0 Å². The van der Waals surface area contributed by atoms with Gasteiger partial charge in [0.05, 0.1) is 31.8 Å². The molecule has 0 fully saturated rings. The predicted octanol–water partition coefficient (Wildman–Crippen LogP) is 2.92. The van der Waals surface area contributed by atoms with Crippen LogP contribution in [-0.4, -0.2) is 44.1 Å². The second-order valence-corrected chi connectivity index (χ2v) is 8.39. The first kappa shape index (κ1) is 20.7. The van der Waals surface area contributed by atoms with Crippen LogP contribution in [-0.2, 0) is 4.79 Å². The zero-order valence-corrected chi connectivity index (χ0v) is 17.9. The fraction of sp³-hybridized carbons (Fsp3) is 0.455. The molecule has 1 aromatic rings. The van der Waals surface area contributed by atoms with E-state index in [1.807, 2.05) is 31.2 Å². The van der Waals surface area contributed by atoms with Gasteiger partial charge in [-0.3, -0.25) is 9.80 Å². The second kappa shape index (κ2) is 7.45. The summed E-state index contributed by atoms with van der Waals surface area (Å²) >= 11 is 0. The third-order valence-electron chi connectivity index (χ3n) is 5.50. The van der Waals surface area contributed by atoms with Crippen LogP contribution in [0.2, 0.25) is 0 Å². The van der Waals surface area contributed by atoms with Gasteiger partial charge in [0.25, 0.3) is 0 Å². The van der Waals surface area contributed by atoms with E-state index in [-0.39, 0.29) is 11.2 Å². The van der Waals surface area contributed by atoms with E-state index in [0.717, 1.165) is 5.70 Å². The molecular weight excluding hydrogens is 368 g/mol. The molecule has 1 aliphatic carbocycles. The van der Waals surface area contributed by atoms with E-state index in [4.69, 9.17) is 15.2 Å². The summed E-state index contributed by atoms with van der Waals surface area (Å²) in [5.74, 6) is 0.805. The van der Waals surface area contributed by atoms with Crippen LogP contribution in [0, 0.1) is 16.7 Å². The van der Waals surface area contributed by atoms with Crippen LogP contribution in [0.15, 0.2) is 40.9 Å². The van der Waals surface area contributed by atoms with Gasteiger partial charge in [0.2, 0.25) is 0 Å². The first-order valence-corrected chi connectivity index (χ1v) is 9.51.